The molecule has 0 bridgehead atoms. The fraction of sp³-hybridized carbons (Fsp3) is 0.353. The molecule has 1 amide bonds. The van der Waals surface area contributed by atoms with Crippen molar-refractivity contribution in [1.29, 1.82) is 0 Å². The molecule has 0 fully saturated rings. The van der Waals surface area contributed by atoms with Crippen LogP contribution in [0.4, 0.5) is 22.0 Å². The number of aromatic nitrogens is 2. The van der Waals surface area contributed by atoms with Gasteiger partial charge in [0.25, 0.3) is 0 Å². The van der Waals surface area contributed by atoms with Crippen LogP contribution >= 0.6 is 11.6 Å². The van der Waals surface area contributed by atoms with Gasteiger partial charge >= 0.3 is 6.09 Å². The number of nitrogens with zero attached hydrogens (tertiary/aromatic N) is 2. The van der Waals surface area contributed by atoms with Crippen LogP contribution in [-0.4, -0.2) is 21.7 Å². The molecule has 2 aromatic rings. The summed E-state index contributed by atoms with van der Waals surface area (Å²) in [5.41, 5.74) is 0.919. The van der Waals surface area contributed by atoms with Gasteiger partial charge in [0.05, 0.1) is 0 Å². The lowest BCUT2D eigenvalue weighted by Crippen LogP contribution is -2.27. The number of hydrogen-bond acceptors (Lipinski definition) is 5. The molecule has 0 aliphatic carbocycles. The van der Waals surface area contributed by atoms with E-state index in [0.29, 0.717) is 11.5 Å². The van der Waals surface area contributed by atoms with E-state index in [9.17, 15) is 4.79 Å². The first kappa shape index (κ1) is 19.7. The number of halogens is 1. The molecule has 1 aromatic heterocycles. The molecule has 0 radical (unpaired) electrons. The number of ether oxygens (including phenoxy) is 1. The summed E-state index contributed by atoms with van der Waals surface area (Å²) in [5.74, 6) is 0.591. The zero-order valence-electron chi connectivity index (χ0n) is 14.6. The Labute approximate surface area is 147 Å². The third-order valence-corrected chi connectivity index (χ3v) is 2.61. The summed E-state index contributed by atoms with van der Waals surface area (Å²) in [6, 6.07) is 8.84. The molecular formula is C17H23ClN4O2. The minimum Gasteiger partial charge on any atom is -0.444 e. The third-order valence-electron chi connectivity index (χ3n) is 2.43. The molecule has 0 saturated carbocycles. The Morgan fingerprint density at radius 3 is 2.21 bits per heavy atom. The minimum absolute atomic E-state index is 0.174. The summed E-state index contributed by atoms with van der Waals surface area (Å²) in [7, 11) is 0. The summed E-state index contributed by atoms with van der Waals surface area (Å²) in [6.07, 6.45) is 1.08. The zero-order valence-corrected chi connectivity index (χ0v) is 15.3. The van der Waals surface area contributed by atoms with Crippen LogP contribution in [0.2, 0.25) is 5.28 Å². The second-order valence-electron chi connectivity index (χ2n) is 5.54. The lowest BCUT2D eigenvalue weighted by Gasteiger charge is -2.19. The Bertz CT molecular complexity index is 654. The molecule has 2 N–H and O–H groups in total. The molecule has 1 aromatic carbocycles. The van der Waals surface area contributed by atoms with E-state index in [2.05, 4.69) is 20.6 Å². The van der Waals surface area contributed by atoms with Crippen molar-refractivity contribution in [3.8, 4) is 0 Å². The van der Waals surface area contributed by atoms with E-state index in [-0.39, 0.29) is 5.28 Å². The first-order chi connectivity index (χ1) is 11.3. The van der Waals surface area contributed by atoms with Crippen LogP contribution < -0.4 is 10.6 Å². The van der Waals surface area contributed by atoms with Gasteiger partial charge in [0, 0.05) is 17.6 Å². The normalized spacial score (nSPS) is 10.2. The van der Waals surface area contributed by atoms with E-state index >= 15 is 0 Å². The van der Waals surface area contributed by atoms with Gasteiger partial charge in [0.1, 0.15) is 11.4 Å². The number of carbonyl (C=O) groups is 1. The van der Waals surface area contributed by atoms with Gasteiger partial charge in [-0.25, -0.2) is 14.8 Å². The van der Waals surface area contributed by atoms with Crippen molar-refractivity contribution in [3.05, 3.63) is 41.8 Å². The fourth-order valence-electron chi connectivity index (χ4n) is 1.61. The van der Waals surface area contributed by atoms with E-state index in [1.54, 1.807) is 24.4 Å². The van der Waals surface area contributed by atoms with Gasteiger partial charge in [-0.1, -0.05) is 13.8 Å². The molecule has 24 heavy (non-hydrogen) atoms. The highest BCUT2D eigenvalue weighted by atomic mass is 35.5. The van der Waals surface area contributed by atoms with Crippen LogP contribution in [0.3, 0.4) is 0 Å². The van der Waals surface area contributed by atoms with E-state index in [1.165, 1.54) is 0 Å². The van der Waals surface area contributed by atoms with Crippen molar-refractivity contribution < 1.29 is 9.53 Å². The van der Waals surface area contributed by atoms with Gasteiger partial charge < -0.3 is 10.1 Å². The van der Waals surface area contributed by atoms with E-state index in [1.807, 2.05) is 46.8 Å². The molecule has 0 atom stereocenters. The minimum atomic E-state index is -0.530. The van der Waals surface area contributed by atoms with Gasteiger partial charge in [-0.2, -0.15) is 0 Å². The van der Waals surface area contributed by atoms with Crippen LogP contribution in [0.1, 0.15) is 34.6 Å². The molecule has 7 heteroatoms. The Morgan fingerprint density at radius 2 is 1.67 bits per heavy atom. The summed E-state index contributed by atoms with van der Waals surface area (Å²) in [4.78, 5) is 19.5. The van der Waals surface area contributed by atoms with Crippen molar-refractivity contribution in [1.82, 2.24) is 9.97 Å². The molecule has 0 aliphatic heterocycles. The average molecular weight is 351 g/mol. The topological polar surface area (TPSA) is 76.1 Å². The van der Waals surface area contributed by atoms with E-state index < -0.39 is 11.7 Å². The Morgan fingerprint density at radius 1 is 1.08 bits per heavy atom. The van der Waals surface area contributed by atoms with Gasteiger partial charge in [0.15, 0.2) is 0 Å². The quantitative estimate of drug-likeness (QED) is 0.739. The first-order valence-corrected chi connectivity index (χ1v) is 8.05. The van der Waals surface area contributed by atoms with Crippen molar-refractivity contribution in [2.45, 2.75) is 40.2 Å². The van der Waals surface area contributed by atoms with Gasteiger partial charge in [-0.15, -0.1) is 0 Å². The molecule has 0 saturated heterocycles. The summed E-state index contributed by atoms with van der Waals surface area (Å²) >= 11 is 5.72. The van der Waals surface area contributed by atoms with Gasteiger partial charge in [0.2, 0.25) is 5.28 Å². The molecule has 2 rings (SSSR count). The number of amides is 1. The predicted octanol–water partition coefficient (Wildman–Crippen LogP) is 5.25. The van der Waals surface area contributed by atoms with Crippen LogP contribution in [-0.2, 0) is 4.74 Å². The summed E-state index contributed by atoms with van der Waals surface area (Å²) < 4.78 is 5.18. The number of benzene rings is 1. The fourth-order valence-corrected chi connectivity index (χ4v) is 1.76. The largest absolute Gasteiger partial charge is 0.444 e. The monoisotopic (exact) mass is 350 g/mol. The number of nitrogens with one attached hydrogen (secondary N) is 2. The predicted molar refractivity (Wildman–Crippen MR) is 98.0 cm³/mol. The zero-order chi connectivity index (χ0) is 18.2. The lowest BCUT2D eigenvalue weighted by molar-refractivity contribution is 0.0636. The molecule has 0 aliphatic rings. The highest BCUT2D eigenvalue weighted by Crippen LogP contribution is 2.18. The van der Waals surface area contributed by atoms with Gasteiger partial charge in [-0.3, -0.25) is 5.32 Å². The number of rotatable bonds is 3. The second kappa shape index (κ2) is 9.08. The highest BCUT2D eigenvalue weighted by molar-refractivity contribution is 6.28. The molecular weight excluding hydrogens is 328 g/mol. The third kappa shape index (κ3) is 7.28. The van der Waals surface area contributed by atoms with Crippen LogP contribution in [0.15, 0.2) is 36.5 Å². The first-order valence-electron chi connectivity index (χ1n) is 7.67. The average Bonchev–Trinajstić information content (AvgIpc) is 2.49. The van der Waals surface area contributed by atoms with Crippen LogP contribution in [0.5, 0.6) is 0 Å². The smallest absolute Gasteiger partial charge is 0.412 e. The maximum absolute atomic E-state index is 11.7. The Kier molecular flexibility index (Phi) is 7.45. The summed E-state index contributed by atoms with van der Waals surface area (Å²) in [6.45, 7) is 9.44. The highest BCUT2D eigenvalue weighted by Gasteiger charge is 2.16. The van der Waals surface area contributed by atoms with E-state index in [0.717, 1.165) is 5.69 Å². The van der Waals surface area contributed by atoms with Crippen molar-refractivity contribution in [2.24, 2.45) is 0 Å². The maximum atomic E-state index is 11.7. The van der Waals surface area contributed by atoms with Crippen LogP contribution in [0, 0.1) is 0 Å². The molecule has 0 unspecified atom stereocenters. The second-order valence-corrected chi connectivity index (χ2v) is 5.88. The van der Waals surface area contributed by atoms with E-state index in [4.69, 9.17) is 16.3 Å². The number of hydrogen-bond donors (Lipinski definition) is 2. The molecule has 0 spiro atoms. The van der Waals surface area contributed by atoms with Crippen molar-refractivity contribution in [2.75, 3.05) is 10.6 Å². The molecule has 6 nitrogen and oxygen atoms in total. The molecule has 1 heterocycles. The Balaban J connectivity index is 0.00000139. The van der Waals surface area contributed by atoms with Crippen LogP contribution in [0.25, 0.3) is 0 Å². The maximum Gasteiger partial charge on any atom is 0.412 e. The van der Waals surface area contributed by atoms with Gasteiger partial charge in [-0.05, 0) is 62.7 Å². The number of anilines is 3. The van der Waals surface area contributed by atoms with Crippen molar-refractivity contribution >= 4 is 34.9 Å². The standard InChI is InChI=1S/C15H17ClN4O2.C2H6/c1-15(2,3)22-14(21)19-11-6-4-10(5-7-11)18-12-8-9-17-13(16)20-12;1-2/h4-9H,1-3H3,(H,19,21)(H,17,18,20);1-2H3. The Hall–Kier alpha value is -2.34. The number of carbonyl (C=O) groups excluding carboxylic acids is 1. The van der Waals surface area contributed by atoms with Crippen molar-refractivity contribution in [3.63, 3.8) is 0 Å². The lowest BCUT2D eigenvalue weighted by atomic mass is 10.2. The summed E-state index contributed by atoms with van der Waals surface area (Å²) in [5, 5.41) is 5.92. The molecule has 130 valence electrons. The SMILES string of the molecule is CC.CC(C)(C)OC(=O)Nc1ccc(Nc2ccnc(Cl)n2)cc1.